The Morgan fingerprint density at radius 2 is 1.69 bits per heavy atom. The Bertz CT molecular complexity index is 690. The third kappa shape index (κ3) is 4.73. The lowest BCUT2D eigenvalue weighted by Gasteiger charge is -2.52. The molecule has 0 radical (unpaired) electrons. The molecule has 26 heavy (non-hydrogen) atoms. The van der Waals surface area contributed by atoms with Crippen LogP contribution in [0.1, 0.15) is 58.1 Å². The predicted octanol–water partition coefficient (Wildman–Crippen LogP) is 5.67. The Hall–Kier alpha value is -1.23. The second kappa shape index (κ2) is 7.41. The van der Waals surface area contributed by atoms with E-state index in [2.05, 4.69) is 49.8 Å². The largest absolute Gasteiger partial charge is 0.370 e. The first-order valence-corrected chi connectivity index (χ1v) is 10.3. The normalized spacial score (nSPS) is 20.8. The molecule has 0 amide bonds. The number of nitrogens with one attached hydrogen (secondary N) is 1. The highest BCUT2D eigenvalue weighted by molar-refractivity contribution is 7.07. The molecule has 2 aromatic rings. The summed E-state index contributed by atoms with van der Waals surface area (Å²) in [5.74, 6) is -0.176. The van der Waals surface area contributed by atoms with Gasteiger partial charge in [-0.25, -0.2) is 4.39 Å². The summed E-state index contributed by atoms with van der Waals surface area (Å²) in [6.45, 7) is 10.5. The minimum absolute atomic E-state index is 0.0133. The van der Waals surface area contributed by atoms with Gasteiger partial charge in [-0.2, -0.15) is 11.3 Å². The molecule has 1 aliphatic rings. The highest BCUT2D eigenvalue weighted by Gasteiger charge is 2.48. The van der Waals surface area contributed by atoms with E-state index in [1.807, 2.05) is 12.1 Å². The van der Waals surface area contributed by atoms with E-state index in [4.69, 9.17) is 4.74 Å². The average Bonchev–Trinajstić information content (AvgIpc) is 3.02. The maximum atomic E-state index is 13.5. The summed E-state index contributed by atoms with van der Waals surface area (Å²) in [5, 5.41) is 7.88. The number of benzene rings is 1. The number of halogens is 1. The summed E-state index contributed by atoms with van der Waals surface area (Å²) in [6, 6.07) is 9.27. The first-order chi connectivity index (χ1) is 12.2. The minimum atomic E-state index is -0.205. The molecule has 0 saturated carbocycles. The minimum Gasteiger partial charge on any atom is -0.370 e. The number of hydrogen-bond acceptors (Lipinski definition) is 3. The van der Waals surface area contributed by atoms with Gasteiger partial charge < -0.3 is 10.1 Å². The van der Waals surface area contributed by atoms with E-state index < -0.39 is 0 Å². The Balaban J connectivity index is 1.80. The number of rotatable bonds is 6. The van der Waals surface area contributed by atoms with Gasteiger partial charge in [0.1, 0.15) is 5.82 Å². The Morgan fingerprint density at radius 1 is 1.04 bits per heavy atom. The van der Waals surface area contributed by atoms with Crippen LogP contribution in [0.2, 0.25) is 0 Å². The van der Waals surface area contributed by atoms with Crippen LogP contribution in [0.25, 0.3) is 0 Å². The van der Waals surface area contributed by atoms with Crippen LogP contribution < -0.4 is 5.32 Å². The zero-order valence-corrected chi connectivity index (χ0v) is 17.1. The van der Waals surface area contributed by atoms with E-state index in [-0.39, 0.29) is 22.4 Å². The Morgan fingerprint density at radius 3 is 2.27 bits per heavy atom. The van der Waals surface area contributed by atoms with Crippen molar-refractivity contribution in [3.8, 4) is 0 Å². The lowest BCUT2D eigenvalue weighted by atomic mass is 9.63. The van der Waals surface area contributed by atoms with Gasteiger partial charge in [0, 0.05) is 12.0 Å². The molecular weight excluding hydrogens is 345 g/mol. The van der Waals surface area contributed by atoms with Crippen LogP contribution in [0.5, 0.6) is 0 Å². The van der Waals surface area contributed by atoms with E-state index in [1.165, 1.54) is 11.1 Å². The van der Waals surface area contributed by atoms with Gasteiger partial charge in [0.05, 0.1) is 11.2 Å². The van der Waals surface area contributed by atoms with Gasteiger partial charge in [0.25, 0.3) is 0 Å². The molecule has 3 rings (SSSR count). The molecule has 1 saturated heterocycles. The number of hydrogen-bond donors (Lipinski definition) is 1. The molecule has 1 aromatic carbocycles. The Labute approximate surface area is 160 Å². The van der Waals surface area contributed by atoms with Gasteiger partial charge in [-0.3, -0.25) is 0 Å². The van der Waals surface area contributed by atoms with Crippen molar-refractivity contribution in [2.75, 3.05) is 6.54 Å². The van der Waals surface area contributed by atoms with E-state index in [9.17, 15) is 4.39 Å². The molecule has 1 fully saturated rings. The van der Waals surface area contributed by atoms with Crippen molar-refractivity contribution in [1.82, 2.24) is 5.32 Å². The summed E-state index contributed by atoms with van der Waals surface area (Å²) < 4.78 is 19.8. The molecule has 0 spiro atoms. The van der Waals surface area contributed by atoms with Crippen molar-refractivity contribution >= 4 is 11.3 Å². The van der Waals surface area contributed by atoms with Gasteiger partial charge >= 0.3 is 0 Å². The summed E-state index contributed by atoms with van der Waals surface area (Å²) in [5.41, 5.74) is 2.13. The molecule has 2 nitrogen and oxygen atoms in total. The third-order valence-corrected chi connectivity index (χ3v) is 5.96. The molecule has 1 aliphatic heterocycles. The molecule has 0 atom stereocenters. The van der Waals surface area contributed by atoms with Crippen LogP contribution in [0.15, 0.2) is 41.1 Å². The van der Waals surface area contributed by atoms with E-state index >= 15 is 0 Å². The third-order valence-electron chi connectivity index (χ3n) is 5.23. The molecule has 142 valence electrons. The molecule has 1 N–H and O–H groups in total. The Kier molecular flexibility index (Phi) is 5.57. The zero-order valence-electron chi connectivity index (χ0n) is 16.3. The van der Waals surface area contributed by atoms with Crippen molar-refractivity contribution in [1.29, 1.82) is 0 Å². The van der Waals surface area contributed by atoms with E-state index in [1.54, 1.807) is 23.5 Å². The topological polar surface area (TPSA) is 21.3 Å². The summed E-state index contributed by atoms with van der Waals surface area (Å²) in [6.07, 6.45) is 2.89. The van der Waals surface area contributed by atoms with E-state index in [0.29, 0.717) is 0 Å². The van der Waals surface area contributed by atoms with Crippen LogP contribution in [0, 0.1) is 5.82 Å². The average molecular weight is 376 g/mol. The quantitative estimate of drug-likeness (QED) is 0.657. The van der Waals surface area contributed by atoms with Crippen molar-refractivity contribution in [2.45, 2.75) is 70.1 Å². The van der Waals surface area contributed by atoms with Crippen LogP contribution in [-0.2, 0) is 16.7 Å². The van der Waals surface area contributed by atoms with Crippen LogP contribution >= 0.6 is 11.3 Å². The van der Waals surface area contributed by atoms with Crippen molar-refractivity contribution in [3.05, 3.63) is 58.0 Å². The zero-order chi connectivity index (χ0) is 18.8. The molecule has 1 aromatic heterocycles. The van der Waals surface area contributed by atoms with Gasteiger partial charge in [0.2, 0.25) is 0 Å². The molecule has 0 bridgehead atoms. The van der Waals surface area contributed by atoms with E-state index in [0.717, 1.165) is 32.4 Å². The second-order valence-corrected chi connectivity index (χ2v) is 9.60. The molecule has 4 heteroatoms. The summed E-state index contributed by atoms with van der Waals surface area (Å²) in [7, 11) is 0. The highest BCUT2D eigenvalue weighted by Crippen LogP contribution is 2.49. The highest BCUT2D eigenvalue weighted by atomic mass is 32.1. The molecule has 0 unspecified atom stereocenters. The fourth-order valence-corrected chi connectivity index (χ4v) is 5.46. The first-order valence-electron chi connectivity index (χ1n) is 9.38. The predicted molar refractivity (Wildman–Crippen MR) is 107 cm³/mol. The van der Waals surface area contributed by atoms with Crippen LogP contribution in [0.3, 0.4) is 0 Å². The van der Waals surface area contributed by atoms with Gasteiger partial charge in [-0.1, -0.05) is 12.1 Å². The molecular formula is C22H30FNOS. The molecule has 0 aliphatic carbocycles. The van der Waals surface area contributed by atoms with Gasteiger partial charge in [-0.05, 0) is 93.6 Å². The van der Waals surface area contributed by atoms with Crippen LogP contribution in [-0.4, -0.2) is 17.7 Å². The number of ether oxygens (including phenoxy) is 1. The molecule has 2 heterocycles. The smallest absolute Gasteiger partial charge is 0.123 e. The second-order valence-electron chi connectivity index (χ2n) is 8.82. The summed E-state index contributed by atoms with van der Waals surface area (Å²) >= 11 is 1.73. The fourth-order valence-electron chi connectivity index (χ4n) is 4.79. The van der Waals surface area contributed by atoms with Gasteiger partial charge in [-0.15, -0.1) is 0 Å². The van der Waals surface area contributed by atoms with Gasteiger partial charge in [0.15, 0.2) is 0 Å². The van der Waals surface area contributed by atoms with Crippen molar-refractivity contribution < 1.29 is 9.13 Å². The fraction of sp³-hybridized carbons (Fsp3) is 0.545. The summed E-state index contributed by atoms with van der Waals surface area (Å²) in [4.78, 5) is 0. The van der Waals surface area contributed by atoms with Crippen molar-refractivity contribution in [3.63, 3.8) is 0 Å². The maximum Gasteiger partial charge on any atom is 0.123 e. The standard InChI is InChI=1S/C22H30FNOS/c1-20(2)15-22(16-21(3,4)25-20,18-5-7-19(23)8-6-18)10-11-24-13-17-9-12-26-14-17/h5-9,12,14,24H,10-11,13,15-16H2,1-4H3. The lowest BCUT2D eigenvalue weighted by Crippen LogP contribution is -2.53. The maximum absolute atomic E-state index is 13.5. The first kappa shape index (κ1) is 19.5. The monoisotopic (exact) mass is 375 g/mol. The lowest BCUT2D eigenvalue weighted by molar-refractivity contribution is -0.181. The SMILES string of the molecule is CC1(C)CC(CCNCc2ccsc2)(c2ccc(F)cc2)CC(C)(C)O1. The number of thiophene rings is 1. The van der Waals surface area contributed by atoms with Crippen LogP contribution in [0.4, 0.5) is 4.39 Å². The van der Waals surface area contributed by atoms with Crippen molar-refractivity contribution in [2.24, 2.45) is 0 Å².